The third-order valence-corrected chi connectivity index (χ3v) is 2.39. The van der Waals surface area contributed by atoms with Crippen LogP contribution in [0.4, 0.5) is 11.5 Å². The molecule has 0 saturated heterocycles. The molecule has 0 fully saturated rings. The van der Waals surface area contributed by atoms with Crippen LogP contribution >= 0.6 is 11.6 Å². The molecule has 1 aromatic heterocycles. The Morgan fingerprint density at radius 1 is 1.54 bits per heavy atom. The van der Waals surface area contributed by atoms with Gasteiger partial charge in [-0.25, -0.2) is 9.97 Å². The van der Waals surface area contributed by atoms with Crippen LogP contribution in [0, 0.1) is 0 Å². The van der Waals surface area contributed by atoms with Gasteiger partial charge in [0.05, 0.1) is 6.67 Å². The summed E-state index contributed by atoms with van der Waals surface area (Å²) in [4.78, 5) is 10.2. The number of nitrogens with zero attached hydrogens (tertiary/aromatic N) is 3. The second kappa shape index (κ2) is 3.03. The first-order chi connectivity index (χ1) is 6.20. The van der Waals surface area contributed by atoms with Gasteiger partial charge >= 0.3 is 0 Å². The standard InChI is InChI=1S/C8H11ClN4/c1-5(2)13-4-12-6-7(9)10-3-11-8(6)13/h3,5,12H,4H2,1-2H3. The van der Waals surface area contributed by atoms with E-state index in [2.05, 4.69) is 34.0 Å². The molecular weight excluding hydrogens is 188 g/mol. The molecule has 0 atom stereocenters. The zero-order valence-electron chi connectivity index (χ0n) is 7.58. The van der Waals surface area contributed by atoms with Crippen LogP contribution < -0.4 is 10.2 Å². The summed E-state index contributed by atoms with van der Waals surface area (Å²) in [6, 6.07) is 0.416. The predicted molar refractivity (Wildman–Crippen MR) is 53.1 cm³/mol. The third kappa shape index (κ3) is 1.31. The number of anilines is 2. The number of halogens is 1. The van der Waals surface area contributed by atoms with Gasteiger partial charge < -0.3 is 10.2 Å². The predicted octanol–water partition coefficient (Wildman–Crippen LogP) is 1.73. The molecule has 1 aliphatic heterocycles. The molecular formula is C8H11ClN4. The van der Waals surface area contributed by atoms with Gasteiger partial charge in [-0.3, -0.25) is 0 Å². The Balaban J connectivity index is 2.43. The molecule has 4 nitrogen and oxygen atoms in total. The maximum Gasteiger partial charge on any atom is 0.158 e. The Kier molecular flexibility index (Phi) is 2.00. The molecule has 1 N–H and O–H groups in total. The molecule has 1 aliphatic rings. The second-order valence-corrected chi connectivity index (χ2v) is 3.62. The second-order valence-electron chi connectivity index (χ2n) is 3.26. The van der Waals surface area contributed by atoms with Crippen molar-refractivity contribution in [2.24, 2.45) is 0 Å². The van der Waals surface area contributed by atoms with E-state index >= 15 is 0 Å². The van der Waals surface area contributed by atoms with E-state index in [0.717, 1.165) is 18.2 Å². The van der Waals surface area contributed by atoms with Gasteiger partial charge in [-0.05, 0) is 13.8 Å². The highest BCUT2D eigenvalue weighted by atomic mass is 35.5. The Bertz CT molecular complexity index is 326. The van der Waals surface area contributed by atoms with Crippen LogP contribution in [-0.2, 0) is 0 Å². The number of nitrogens with one attached hydrogen (secondary N) is 1. The maximum absolute atomic E-state index is 5.90. The minimum absolute atomic E-state index is 0.416. The average molecular weight is 199 g/mol. The first kappa shape index (κ1) is 8.56. The maximum atomic E-state index is 5.90. The fourth-order valence-corrected chi connectivity index (χ4v) is 1.59. The molecule has 0 saturated carbocycles. The Morgan fingerprint density at radius 3 is 3.00 bits per heavy atom. The highest BCUT2D eigenvalue weighted by molar-refractivity contribution is 6.32. The van der Waals surface area contributed by atoms with Crippen LogP contribution in [0.25, 0.3) is 0 Å². The van der Waals surface area contributed by atoms with Crippen molar-refractivity contribution in [2.75, 3.05) is 16.9 Å². The van der Waals surface area contributed by atoms with E-state index < -0.39 is 0 Å². The van der Waals surface area contributed by atoms with Crippen molar-refractivity contribution in [3.63, 3.8) is 0 Å². The summed E-state index contributed by atoms with van der Waals surface area (Å²) < 4.78 is 0. The van der Waals surface area contributed by atoms with E-state index in [0.29, 0.717) is 11.2 Å². The van der Waals surface area contributed by atoms with Crippen LogP contribution in [-0.4, -0.2) is 22.7 Å². The summed E-state index contributed by atoms with van der Waals surface area (Å²) in [6.07, 6.45) is 1.49. The molecule has 2 heterocycles. The fourth-order valence-electron chi connectivity index (χ4n) is 1.39. The summed E-state index contributed by atoms with van der Waals surface area (Å²) in [5, 5.41) is 3.66. The lowest BCUT2D eigenvalue weighted by Gasteiger charge is -2.20. The molecule has 0 aromatic carbocycles. The molecule has 2 rings (SSSR count). The van der Waals surface area contributed by atoms with Crippen LogP contribution in [0.1, 0.15) is 13.8 Å². The quantitative estimate of drug-likeness (QED) is 0.698. The minimum Gasteiger partial charge on any atom is -0.362 e. The van der Waals surface area contributed by atoms with Gasteiger partial charge in [0.25, 0.3) is 0 Å². The largest absolute Gasteiger partial charge is 0.362 e. The average Bonchev–Trinajstić information content (AvgIpc) is 2.48. The number of hydrogen-bond donors (Lipinski definition) is 1. The van der Waals surface area contributed by atoms with Crippen molar-refractivity contribution in [2.45, 2.75) is 19.9 Å². The summed E-state index contributed by atoms with van der Waals surface area (Å²) >= 11 is 5.90. The van der Waals surface area contributed by atoms with Crippen LogP contribution in [0.15, 0.2) is 6.33 Å². The zero-order valence-corrected chi connectivity index (χ0v) is 8.34. The first-order valence-corrected chi connectivity index (χ1v) is 4.59. The highest BCUT2D eigenvalue weighted by Crippen LogP contribution is 2.34. The van der Waals surface area contributed by atoms with Crippen LogP contribution in [0.2, 0.25) is 5.15 Å². The monoisotopic (exact) mass is 198 g/mol. The van der Waals surface area contributed by atoms with Gasteiger partial charge in [-0.1, -0.05) is 11.6 Å². The number of fused-ring (bicyclic) bond motifs is 1. The summed E-state index contributed by atoms with van der Waals surface area (Å²) in [7, 11) is 0. The van der Waals surface area contributed by atoms with Crippen molar-refractivity contribution in [1.82, 2.24) is 9.97 Å². The van der Waals surface area contributed by atoms with E-state index in [1.807, 2.05) is 0 Å². The fraction of sp³-hybridized carbons (Fsp3) is 0.500. The Morgan fingerprint density at radius 2 is 2.31 bits per heavy atom. The number of aromatic nitrogens is 2. The van der Waals surface area contributed by atoms with Crippen molar-refractivity contribution < 1.29 is 0 Å². The lowest BCUT2D eigenvalue weighted by molar-refractivity contribution is 0.717. The van der Waals surface area contributed by atoms with E-state index in [1.54, 1.807) is 0 Å². The number of rotatable bonds is 1. The van der Waals surface area contributed by atoms with E-state index in [4.69, 9.17) is 11.6 Å². The van der Waals surface area contributed by atoms with Gasteiger partial charge in [-0.2, -0.15) is 0 Å². The SMILES string of the molecule is CC(C)N1CNc2c(Cl)ncnc21. The smallest absolute Gasteiger partial charge is 0.158 e. The molecule has 0 radical (unpaired) electrons. The van der Waals surface area contributed by atoms with E-state index in [9.17, 15) is 0 Å². The first-order valence-electron chi connectivity index (χ1n) is 4.21. The third-order valence-electron chi connectivity index (χ3n) is 2.10. The molecule has 0 unspecified atom stereocenters. The number of hydrogen-bond acceptors (Lipinski definition) is 4. The van der Waals surface area contributed by atoms with Crippen molar-refractivity contribution in [3.05, 3.63) is 11.5 Å². The summed E-state index contributed by atoms with van der Waals surface area (Å²) in [5.74, 6) is 0.898. The van der Waals surface area contributed by atoms with Crippen LogP contribution in [0.5, 0.6) is 0 Å². The lowest BCUT2D eigenvalue weighted by atomic mass is 10.3. The van der Waals surface area contributed by atoms with E-state index in [-0.39, 0.29) is 0 Å². The molecule has 5 heteroatoms. The molecule has 0 spiro atoms. The Hall–Kier alpha value is -1.03. The van der Waals surface area contributed by atoms with Gasteiger partial charge in [-0.15, -0.1) is 0 Å². The normalized spacial score (nSPS) is 14.6. The molecule has 13 heavy (non-hydrogen) atoms. The summed E-state index contributed by atoms with van der Waals surface area (Å²) in [5.41, 5.74) is 0.845. The van der Waals surface area contributed by atoms with Gasteiger partial charge in [0, 0.05) is 6.04 Å². The highest BCUT2D eigenvalue weighted by Gasteiger charge is 2.24. The molecule has 0 bridgehead atoms. The Labute approximate surface area is 81.9 Å². The lowest BCUT2D eigenvalue weighted by Crippen LogP contribution is -2.30. The van der Waals surface area contributed by atoms with Gasteiger partial charge in [0.15, 0.2) is 11.0 Å². The molecule has 1 aromatic rings. The van der Waals surface area contributed by atoms with Crippen molar-refractivity contribution in [3.8, 4) is 0 Å². The zero-order chi connectivity index (χ0) is 9.42. The minimum atomic E-state index is 0.416. The topological polar surface area (TPSA) is 41.0 Å². The molecule has 0 amide bonds. The van der Waals surface area contributed by atoms with Crippen LogP contribution in [0.3, 0.4) is 0 Å². The van der Waals surface area contributed by atoms with Gasteiger partial charge in [0.2, 0.25) is 0 Å². The summed E-state index contributed by atoms with van der Waals surface area (Å²) in [6.45, 7) is 4.99. The van der Waals surface area contributed by atoms with E-state index in [1.165, 1.54) is 6.33 Å². The van der Waals surface area contributed by atoms with Gasteiger partial charge in [0.1, 0.15) is 12.0 Å². The van der Waals surface area contributed by atoms with Crippen molar-refractivity contribution >= 4 is 23.1 Å². The molecule has 0 aliphatic carbocycles. The van der Waals surface area contributed by atoms with Crippen molar-refractivity contribution in [1.29, 1.82) is 0 Å². The molecule has 70 valence electrons.